The van der Waals surface area contributed by atoms with Crippen molar-refractivity contribution in [2.75, 3.05) is 11.9 Å². The van der Waals surface area contributed by atoms with Gasteiger partial charge >= 0.3 is 0 Å². The molecule has 0 radical (unpaired) electrons. The second-order valence-electron chi connectivity index (χ2n) is 4.83. The molecule has 98 valence electrons. The molecule has 0 aliphatic carbocycles. The zero-order valence-corrected chi connectivity index (χ0v) is 10.9. The lowest BCUT2D eigenvalue weighted by atomic mass is 10.2. The van der Waals surface area contributed by atoms with Gasteiger partial charge in [0, 0.05) is 5.69 Å². The molecular formula is C14H20N2O2. The number of hydrogen-bond acceptors (Lipinski definition) is 3. The van der Waals surface area contributed by atoms with E-state index in [0.29, 0.717) is 0 Å². The number of anilines is 1. The van der Waals surface area contributed by atoms with Crippen LogP contribution < -0.4 is 15.4 Å². The van der Waals surface area contributed by atoms with Crippen LogP contribution in [0.15, 0.2) is 24.3 Å². The van der Waals surface area contributed by atoms with Crippen LogP contribution in [0.1, 0.15) is 26.7 Å². The van der Waals surface area contributed by atoms with Crippen molar-refractivity contribution in [2.45, 2.75) is 38.8 Å². The van der Waals surface area contributed by atoms with Crippen LogP contribution >= 0.6 is 0 Å². The molecule has 2 N–H and O–H groups in total. The SMILES string of the molecule is CC(C)Oc1ccc(NC(=O)C2CCCN2)cc1. The van der Waals surface area contributed by atoms with E-state index in [1.165, 1.54) is 0 Å². The van der Waals surface area contributed by atoms with Crippen LogP contribution in [0.4, 0.5) is 5.69 Å². The Hall–Kier alpha value is -1.55. The Morgan fingerprint density at radius 3 is 2.67 bits per heavy atom. The lowest BCUT2D eigenvalue weighted by molar-refractivity contribution is -0.117. The minimum atomic E-state index is -0.0448. The van der Waals surface area contributed by atoms with Crippen molar-refractivity contribution in [1.29, 1.82) is 0 Å². The Balaban J connectivity index is 1.91. The van der Waals surface area contributed by atoms with Gasteiger partial charge in [0.15, 0.2) is 0 Å². The van der Waals surface area contributed by atoms with Gasteiger partial charge in [0.1, 0.15) is 5.75 Å². The third kappa shape index (κ3) is 3.47. The fraction of sp³-hybridized carbons (Fsp3) is 0.500. The molecule has 18 heavy (non-hydrogen) atoms. The molecular weight excluding hydrogens is 228 g/mol. The molecule has 4 nitrogen and oxygen atoms in total. The fourth-order valence-electron chi connectivity index (χ4n) is 2.03. The van der Waals surface area contributed by atoms with Gasteiger partial charge in [-0.1, -0.05) is 0 Å². The molecule has 1 unspecified atom stereocenters. The summed E-state index contributed by atoms with van der Waals surface area (Å²) in [6.07, 6.45) is 2.15. The molecule has 1 saturated heterocycles. The first-order valence-corrected chi connectivity index (χ1v) is 6.46. The molecule has 1 aromatic carbocycles. The van der Waals surface area contributed by atoms with Crippen molar-refractivity contribution < 1.29 is 9.53 Å². The Labute approximate surface area is 108 Å². The average Bonchev–Trinajstić information content (AvgIpc) is 2.84. The smallest absolute Gasteiger partial charge is 0.241 e. The molecule has 0 spiro atoms. The first kappa shape index (κ1) is 12.9. The molecule has 0 bridgehead atoms. The highest BCUT2D eigenvalue weighted by Crippen LogP contribution is 2.17. The maximum absolute atomic E-state index is 11.9. The number of carbonyl (C=O) groups excluding carboxylic acids is 1. The second-order valence-corrected chi connectivity index (χ2v) is 4.83. The fourth-order valence-corrected chi connectivity index (χ4v) is 2.03. The van der Waals surface area contributed by atoms with E-state index in [-0.39, 0.29) is 18.1 Å². The van der Waals surface area contributed by atoms with Gasteiger partial charge in [-0.15, -0.1) is 0 Å². The van der Waals surface area contributed by atoms with Crippen LogP contribution in [-0.2, 0) is 4.79 Å². The van der Waals surface area contributed by atoms with Crippen LogP contribution in [0.2, 0.25) is 0 Å². The summed E-state index contributed by atoms with van der Waals surface area (Å²) in [7, 11) is 0. The number of carbonyl (C=O) groups is 1. The van der Waals surface area contributed by atoms with E-state index in [2.05, 4.69) is 10.6 Å². The highest BCUT2D eigenvalue weighted by atomic mass is 16.5. The average molecular weight is 248 g/mol. The molecule has 1 atom stereocenters. The van der Waals surface area contributed by atoms with Crippen LogP contribution in [0.25, 0.3) is 0 Å². The lowest BCUT2D eigenvalue weighted by Crippen LogP contribution is -2.35. The molecule has 1 aromatic rings. The minimum Gasteiger partial charge on any atom is -0.491 e. The van der Waals surface area contributed by atoms with E-state index in [0.717, 1.165) is 30.8 Å². The first-order chi connectivity index (χ1) is 8.65. The van der Waals surface area contributed by atoms with Gasteiger partial charge in [0.05, 0.1) is 12.1 Å². The largest absolute Gasteiger partial charge is 0.491 e. The third-order valence-electron chi connectivity index (χ3n) is 2.87. The Morgan fingerprint density at radius 2 is 2.11 bits per heavy atom. The number of rotatable bonds is 4. The van der Waals surface area contributed by atoms with E-state index in [4.69, 9.17) is 4.74 Å². The van der Waals surface area contributed by atoms with E-state index < -0.39 is 0 Å². The van der Waals surface area contributed by atoms with Gasteiger partial charge in [-0.25, -0.2) is 0 Å². The number of hydrogen-bond donors (Lipinski definition) is 2. The summed E-state index contributed by atoms with van der Waals surface area (Å²) < 4.78 is 5.55. The van der Waals surface area contributed by atoms with Gasteiger partial charge in [-0.2, -0.15) is 0 Å². The Kier molecular flexibility index (Phi) is 4.20. The van der Waals surface area contributed by atoms with Crippen molar-refractivity contribution in [1.82, 2.24) is 5.32 Å². The summed E-state index contributed by atoms with van der Waals surface area (Å²) in [5.41, 5.74) is 0.810. The van der Waals surface area contributed by atoms with Crippen molar-refractivity contribution >= 4 is 11.6 Å². The molecule has 1 heterocycles. The summed E-state index contributed by atoms with van der Waals surface area (Å²) in [5.74, 6) is 0.868. The summed E-state index contributed by atoms with van der Waals surface area (Å²) in [4.78, 5) is 11.9. The van der Waals surface area contributed by atoms with Gasteiger partial charge in [-0.05, 0) is 57.5 Å². The zero-order valence-electron chi connectivity index (χ0n) is 10.9. The molecule has 1 amide bonds. The van der Waals surface area contributed by atoms with Gasteiger partial charge < -0.3 is 15.4 Å². The third-order valence-corrected chi connectivity index (χ3v) is 2.87. The van der Waals surface area contributed by atoms with Crippen molar-refractivity contribution in [3.8, 4) is 5.75 Å². The zero-order chi connectivity index (χ0) is 13.0. The van der Waals surface area contributed by atoms with Gasteiger partial charge in [0.25, 0.3) is 0 Å². The molecule has 1 fully saturated rings. The van der Waals surface area contributed by atoms with E-state index in [9.17, 15) is 4.79 Å². The Bertz CT molecular complexity index is 395. The summed E-state index contributed by atoms with van der Waals surface area (Å²) >= 11 is 0. The molecule has 1 aliphatic rings. The van der Waals surface area contributed by atoms with Gasteiger partial charge in [0.2, 0.25) is 5.91 Å². The first-order valence-electron chi connectivity index (χ1n) is 6.46. The highest BCUT2D eigenvalue weighted by Gasteiger charge is 2.21. The molecule has 0 aromatic heterocycles. The summed E-state index contributed by atoms with van der Waals surface area (Å²) in [6.45, 7) is 4.90. The minimum absolute atomic E-state index is 0.0448. The van der Waals surface area contributed by atoms with Crippen LogP contribution in [0.5, 0.6) is 5.75 Å². The second kappa shape index (κ2) is 5.87. The van der Waals surface area contributed by atoms with Crippen molar-refractivity contribution in [2.24, 2.45) is 0 Å². The number of ether oxygens (including phenoxy) is 1. The van der Waals surface area contributed by atoms with Crippen LogP contribution in [0, 0.1) is 0 Å². The molecule has 4 heteroatoms. The monoisotopic (exact) mass is 248 g/mol. The Morgan fingerprint density at radius 1 is 1.39 bits per heavy atom. The standard InChI is InChI=1S/C14H20N2O2/c1-10(2)18-12-7-5-11(6-8-12)16-14(17)13-4-3-9-15-13/h5-8,10,13,15H,3-4,9H2,1-2H3,(H,16,17). The maximum atomic E-state index is 11.9. The van der Waals surface area contributed by atoms with Crippen LogP contribution in [-0.4, -0.2) is 24.6 Å². The van der Waals surface area contributed by atoms with Crippen molar-refractivity contribution in [3.05, 3.63) is 24.3 Å². The van der Waals surface area contributed by atoms with E-state index in [1.807, 2.05) is 38.1 Å². The normalized spacial score (nSPS) is 18.9. The quantitative estimate of drug-likeness (QED) is 0.858. The topological polar surface area (TPSA) is 50.4 Å². The number of nitrogens with one attached hydrogen (secondary N) is 2. The number of benzene rings is 1. The summed E-state index contributed by atoms with van der Waals surface area (Å²) in [6, 6.07) is 7.43. The molecule has 0 saturated carbocycles. The lowest BCUT2D eigenvalue weighted by Gasteiger charge is -2.12. The van der Waals surface area contributed by atoms with Gasteiger partial charge in [-0.3, -0.25) is 4.79 Å². The molecule has 2 rings (SSSR count). The predicted molar refractivity (Wildman–Crippen MR) is 71.9 cm³/mol. The summed E-state index contributed by atoms with van der Waals surface area (Å²) in [5, 5.41) is 6.08. The predicted octanol–water partition coefficient (Wildman–Crippen LogP) is 2.16. The van der Waals surface area contributed by atoms with Crippen molar-refractivity contribution in [3.63, 3.8) is 0 Å². The van der Waals surface area contributed by atoms with E-state index >= 15 is 0 Å². The maximum Gasteiger partial charge on any atom is 0.241 e. The highest BCUT2D eigenvalue weighted by molar-refractivity contribution is 5.95. The number of amides is 1. The molecule has 1 aliphatic heterocycles. The van der Waals surface area contributed by atoms with E-state index in [1.54, 1.807) is 0 Å². The van der Waals surface area contributed by atoms with Crippen LogP contribution in [0.3, 0.4) is 0 Å².